The van der Waals surface area contributed by atoms with Crippen molar-refractivity contribution < 1.29 is 28.6 Å². The van der Waals surface area contributed by atoms with Crippen molar-refractivity contribution in [3.63, 3.8) is 0 Å². The number of carbonyl (C=O) groups is 3. The number of rotatable bonds is 56. The Morgan fingerprint density at radius 1 is 0.274 bits per heavy atom. The highest BCUT2D eigenvalue weighted by Gasteiger charge is 2.19. The number of allylic oxidation sites excluding steroid dienone is 14. The number of hydrogen-bond donors (Lipinski definition) is 0. The lowest BCUT2D eigenvalue weighted by Crippen LogP contribution is -2.30. The standard InChI is InChI=1S/C67H116O6/c1-4-7-10-13-16-19-22-25-28-31-33-36-39-42-45-48-51-54-57-60-66(69)72-63-64(62-71-65(68)59-56-53-50-47-44-41-38-35-30-27-24-21-18-15-12-9-6-3)73-67(70)61-58-55-52-49-46-43-40-37-34-32-29-26-23-20-17-14-11-8-5-2/h16-17,19-20,25-30,33-34,36-37,64H,4-15,18,21-24,31-32,35,38-63H2,1-3H3/b19-16-,20-17-,28-25-,29-26-,30-27-,36-33-,37-34-/t64-/m1/s1. The summed E-state index contributed by atoms with van der Waals surface area (Å²) in [6.07, 6.45) is 80.0. The molecule has 0 heterocycles. The smallest absolute Gasteiger partial charge is 0.306 e. The van der Waals surface area contributed by atoms with Crippen LogP contribution in [-0.4, -0.2) is 37.2 Å². The first-order valence-corrected chi connectivity index (χ1v) is 31.1. The zero-order valence-electron chi connectivity index (χ0n) is 48.1. The second-order valence-electron chi connectivity index (χ2n) is 20.6. The van der Waals surface area contributed by atoms with Gasteiger partial charge in [-0.05, 0) is 122 Å². The Balaban J connectivity index is 4.44. The molecule has 0 rings (SSSR count). The van der Waals surface area contributed by atoms with E-state index < -0.39 is 6.10 Å². The van der Waals surface area contributed by atoms with Gasteiger partial charge in [-0.2, -0.15) is 0 Å². The molecule has 0 aliphatic rings. The van der Waals surface area contributed by atoms with Gasteiger partial charge in [0.25, 0.3) is 0 Å². The van der Waals surface area contributed by atoms with Gasteiger partial charge >= 0.3 is 17.9 Å². The molecule has 73 heavy (non-hydrogen) atoms. The number of ether oxygens (including phenoxy) is 3. The maximum Gasteiger partial charge on any atom is 0.306 e. The van der Waals surface area contributed by atoms with Gasteiger partial charge in [0.2, 0.25) is 0 Å². The minimum atomic E-state index is -0.793. The topological polar surface area (TPSA) is 78.9 Å². The van der Waals surface area contributed by atoms with Gasteiger partial charge in [-0.25, -0.2) is 0 Å². The molecule has 0 unspecified atom stereocenters. The normalized spacial score (nSPS) is 12.6. The van der Waals surface area contributed by atoms with Crippen molar-refractivity contribution in [1.29, 1.82) is 0 Å². The highest BCUT2D eigenvalue weighted by molar-refractivity contribution is 5.71. The highest BCUT2D eigenvalue weighted by Crippen LogP contribution is 2.15. The van der Waals surface area contributed by atoms with Gasteiger partial charge in [-0.3, -0.25) is 14.4 Å². The first kappa shape index (κ1) is 69.6. The predicted octanol–water partition coefficient (Wildman–Crippen LogP) is 21.1. The second-order valence-corrected chi connectivity index (χ2v) is 20.6. The molecule has 0 amide bonds. The van der Waals surface area contributed by atoms with Crippen LogP contribution in [0.1, 0.15) is 303 Å². The van der Waals surface area contributed by atoms with Crippen molar-refractivity contribution in [3.8, 4) is 0 Å². The maximum absolute atomic E-state index is 12.9. The average Bonchev–Trinajstić information content (AvgIpc) is 3.39. The van der Waals surface area contributed by atoms with E-state index in [-0.39, 0.29) is 31.1 Å². The van der Waals surface area contributed by atoms with Gasteiger partial charge in [0, 0.05) is 19.3 Å². The van der Waals surface area contributed by atoms with Crippen molar-refractivity contribution in [2.24, 2.45) is 0 Å². The SMILES string of the molecule is CCCCC/C=C\C/C=C\C/C=C\CCCCCCCCC(=O)OC[C@@H](COC(=O)CCCCCCCCC/C=C\CCCCCCCC)OC(=O)CCCCCCCC/C=C\C/C=C\C/C=C\CCCCC. The fraction of sp³-hybridized carbons (Fsp3) is 0.746. The van der Waals surface area contributed by atoms with Crippen molar-refractivity contribution in [1.82, 2.24) is 0 Å². The van der Waals surface area contributed by atoms with E-state index in [1.807, 2.05) is 0 Å². The molecule has 0 radical (unpaired) electrons. The predicted molar refractivity (Wildman–Crippen MR) is 316 cm³/mol. The number of esters is 3. The van der Waals surface area contributed by atoms with E-state index in [0.29, 0.717) is 19.3 Å². The summed E-state index contributed by atoms with van der Waals surface area (Å²) >= 11 is 0. The van der Waals surface area contributed by atoms with Gasteiger partial charge in [-0.15, -0.1) is 0 Å². The van der Waals surface area contributed by atoms with Crippen LogP contribution in [0.25, 0.3) is 0 Å². The summed E-state index contributed by atoms with van der Waals surface area (Å²) in [6.45, 7) is 6.58. The molecule has 0 spiro atoms. The third-order valence-electron chi connectivity index (χ3n) is 13.3. The minimum absolute atomic E-state index is 0.0880. The van der Waals surface area contributed by atoms with Crippen molar-refractivity contribution in [3.05, 3.63) is 85.1 Å². The van der Waals surface area contributed by atoms with Crippen LogP contribution < -0.4 is 0 Å². The quantitative estimate of drug-likeness (QED) is 0.0261. The summed E-state index contributed by atoms with van der Waals surface area (Å²) in [5, 5.41) is 0. The Kier molecular flexibility index (Phi) is 58.3. The van der Waals surface area contributed by atoms with Crippen LogP contribution in [0, 0.1) is 0 Å². The number of hydrogen-bond acceptors (Lipinski definition) is 6. The molecule has 0 aliphatic heterocycles. The highest BCUT2D eigenvalue weighted by atomic mass is 16.6. The summed E-state index contributed by atoms with van der Waals surface area (Å²) in [6, 6.07) is 0. The molecule has 1 atom stereocenters. The molecule has 0 saturated carbocycles. The first-order valence-electron chi connectivity index (χ1n) is 31.1. The fourth-order valence-electron chi connectivity index (χ4n) is 8.63. The molecule has 0 saturated heterocycles. The molecule has 0 aromatic carbocycles. The summed E-state index contributed by atoms with van der Waals surface area (Å²) in [7, 11) is 0. The van der Waals surface area contributed by atoms with Gasteiger partial charge in [-0.1, -0.05) is 247 Å². The van der Waals surface area contributed by atoms with Crippen LogP contribution >= 0.6 is 0 Å². The lowest BCUT2D eigenvalue weighted by molar-refractivity contribution is -0.167. The van der Waals surface area contributed by atoms with Gasteiger partial charge in [0.15, 0.2) is 6.10 Å². The lowest BCUT2D eigenvalue weighted by atomic mass is 10.1. The molecule has 6 nitrogen and oxygen atoms in total. The molecule has 0 N–H and O–H groups in total. The monoisotopic (exact) mass is 1020 g/mol. The van der Waals surface area contributed by atoms with Crippen LogP contribution in [0.3, 0.4) is 0 Å². The molecular formula is C67H116O6. The molecule has 0 bridgehead atoms. The van der Waals surface area contributed by atoms with Crippen molar-refractivity contribution in [2.75, 3.05) is 13.2 Å². The van der Waals surface area contributed by atoms with E-state index in [2.05, 4.69) is 106 Å². The van der Waals surface area contributed by atoms with E-state index in [1.165, 1.54) is 161 Å². The zero-order valence-corrected chi connectivity index (χ0v) is 48.1. The van der Waals surface area contributed by atoms with Crippen LogP contribution in [-0.2, 0) is 28.6 Å². The number of unbranched alkanes of at least 4 members (excludes halogenated alkanes) is 31. The number of carbonyl (C=O) groups excluding carboxylic acids is 3. The summed E-state index contributed by atoms with van der Waals surface area (Å²) in [5.74, 6) is -0.908. The Bertz CT molecular complexity index is 1400. The Labute approximate surface area is 452 Å². The second kappa shape index (κ2) is 61.1. The molecule has 0 aromatic rings. The minimum Gasteiger partial charge on any atom is -0.462 e. The average molecular weight is 1020 g/mol. The molecule has 0 fully saturated rings. The summed E-state index contributed by atoms with van der Waals surface area (Å²) < 4.78 is 16.9. The largest absolute Gasteiger partial charge is 0.462 e. The molecular weight excluding hydrogens is 901 g/mol. The van der Waals surface area contributed by atoms with Crippen LogP contribution in [0.5, 0.6) is 0 Å². The molecule has 6 heteroatoms. The van der Waals surface area contributed by atoms with E-state index in [9.17, 15) is 14.4 Å². The van der Waals surface area contributed by atoms with Crippen molar-refractivity contribution in [2.45, 2.75) is 309 Å². The van der Waals surface area contributed by atoms with E-state index in [1.54, 1.807) is 0 Å². The zero-order chi connectivity index (χ0) is 52.9. The van der Waals surface area contributed by atoms with E-state index >= 15 is 0 Å². The van der Waals surface area contributed by atoms with Gasteiger partial charge in [0.05, 0.1) is 0 Å². The third-order valence-corrected chi connectivity index (χ3v) is 13.3. The van der Waals surface area contributed by atoms with Crippen LogP contribution in [0.4, 0.5) is 0 Å². The van der Waals surface area contributed by atoms with E-state index in [4.69, 9.17) is 14.2 Å². The Morgan fingerprint density at radius 2 is 0.493 bits per heavy atom. The summed E-state index contributed by atoms with van der Waals surface area (Å²) in [4.78, 5) is 38.3. The molecule has 0 aromatic heterocycles. The lowest BCUT2D eigenvalue weighted by Gasteiger charge is -2.18. The Morgan fingerprint density at radius 3 is 0.808 bits per heavy atom. The summed E-state index contributed by atoms with van der Waals surface area (Å²) in [5.41, 5.74) is 0. The molecule has 420 valence electrons. The fourth-order valence-corrected chi connectivity index (χ4v) is 8.63. The van der Waals surface area contributed by atoms with E-state index in [0.717, 1.165) is 103 Å². The van der Waals surface area contributed by atoms with Gasteiger partial charge in [0.1, 0.15) is 13.2 Å². The Hall–Kier alpha value is -3.41. The molecule has 0 aliphatic carbocycles. The third kappa shape index (κ3) is 59.3. The van der Waals surface area contributed by atoms with Gasteiger partial charge < -0.3 is 14.2 Å². The van der Waals surface area contributed by atoms with Crippen LogP contribution in [0.2, 0.25) is 0 Å². The first-order chi connectivity index (χ1) is 36.0. The van der Waals surface area contributed by atoms with Crippen LogP contribution in [0.15, 0.2) is 85.1 Å². The maximum atomic E-state index is 12.9. The van der Waals surface area contributed by atoms with Crippen molar-refractivity contribution >= 4 is 17.9 Å².